The standard InChI is InChI=1S/C16H20N2O4/c19-14(7-4-10-17-16(22)12-8-9-12)18(11-15(20)21)13-5-2-1-3-6-13/h1-3,5-6,12H,4,7-11H2,(H,17,22)(H,20,21). The molecular formula is C16H20N2O4. The van der Waals surface area contributed by atoms with Gasteiger partial charge in [0.1, 0.15) is 6.54 Å². The first kappa shape index (κ1) is 16.0. The van der Waals surface area contributed by atoms with Gasteiger partial charge in [0.05, 0.1) is 0 Å². The van der Waals surface area contributed by atoms with E-state index in [1.54, 1.807) is 30.3 Å². The Bertz CT molecular complexity index is 540. The minimum absolute atomic E-state index is 0.0536. The first-order valence-electron chi connectivity index (χ1n) is 7.43. The summed E-state index contributed by atoms with van der Waals surface area (Å²) in [6.07, 6.45) is 2.60. The highest BCUT2D eigenvalue weighted by molar-refractivity contribution is 5.97. The van der Waals surface area contributed by atoms with Crippen molar-refractivity contribution in [1.29, 1.82) is 0 Å². The number of carbonyl (C=O) groups excluding carboxylic acids is 2. The molecule has 1 aromatic rings. The van der Waals surface area contributed by atoms with Gasteiger partial charge in [0.2, 0.25) is 11.8 Å². The topological polar surface area (TPSA) is 86.7 Å². The Kier molecular flexibility index (Phi) is 5.52. The Morgan fingerprint density at radius 2 is 1.86 bits per heavy atom. The quantitative estimate of drug-likeness (QED) is 0.711. The lowest BCUT2D eigenvalue weighted by Crippen LogP contribution is -2.36. The molecule has 1 fully saturated rings. The molecule has 2 rings (SSSR count). The van der Waals surface area contributed by atoms with Gasteiger partial charge in [-0.15, -0.1) is 0 Å². The van der Waals surface area contributed by atoms with Crippen LogP contribution in [0.3, 0.4) is 0 Å². The lowest BCUT2D eigenvalue weighted by Gasteiger charge is -2.20. The summed E-state index contributed by atoms with van der Waals surface area (Å²) in [5, 5.41) is 11.7. The molecule has 0 unspecified atom stereocenters. The molecule has 118 valence electrons. The van der Waals surface area contributed by atoms with Gasteiger partial charge in [0.15, 0.2) is 0 Å². The SMILES string of the molecule is O=C(O)CN(C(=O)CCCNC(=O)C1CC1)c1ccccc1. The zero-order valence-corrected chi connectivity index (χ0v) is 12.3. The second kappa shape index (κ2) is 7.59. The number of aliphatic carboxylic acids is 1. The summed E-state index contributed by atoms with van der Waals surface area (Å²) < 4.78 is 0. The highest BCUT2D eigenvalue weighted by Gasteiger charge is 2.29. The van der Waals surface area contributed by atoms with Gasteiger partial charge in [-0.25, -0.2) is 0 Å². The number of rotatable bonds is 8. The van der Waals surface area contributed by atoms with Crippen molar-refractivity contribution >= 4 is 23.5 Å². The number of carbonyl (C=O) groups is 3. The predicted octanol–water partition coefficient (Wildman–Crippen LogP) is 1.41. The van der Waals surface area contributed by atoms with Crippen LogP contribution in [-0.4, -0.2) is 36.0 Å². The van der Waals surface area contributed by atoms with Crippen LogP contribution in [0.5, 0.6) is 0 Å². The van der Waals surface area contributed by atoms with Crippen molar-refractivity contribution in [2.45, 2.75) is 25.7 Å². The molecular weight excluding hydrogens is 284 g/mol. The molecule has 1 aromatic carbocycles. The maximum Gasteiger partial charge on any atom is 0.323 e. The molecule has 0 aromatic heterocycles. The number of amides is 2. The van der Waals surface area contributed by atoms with Crippen LogP contribution in [0.2, 0.25) is 0 Å². The van der Waals surface area contributed by atoms with E-state index in [2.05, 4.69) is 5.32 Å². The van der Waals surface area contributed by atoms with Crippen LogP contribution >= 0.6 is 0 Å². The third-order valence-electron chi connectivity index (χ3n) is 3.48. The molecule has 0 heterocycles. The second-order valence-corrected chi connectivity index (χ2v) is 5.38. The van der Waals surface area contributed by atoms with E-state index in [1.807, 2.05) is 0 Å². The van der Waals surface area contributed by atoms with E-state index in [4.69, 9.17) is 5.11 Å². The van der Waals surface area contributed by atoms with Gasteiger partial charge >= 0.3 is 5.97 Å². The Morgan fingerprint density at radius 3 is 2.45 bits per heavy atom. The Morgan fingerprint density at radius 1 is 1.18 bits per heavy atom. The number of para-hydroxylation sites is 1. The molecule has 0 radical (unpaired) electrons. The summed E-state index contributed by atoms with van der Waals surface area (Å²) in [5.74, 6) is -1.10. The summed E-state index contributed by atoms with van der Waals surface area (Å²) in [6.45, 7) is 0.0774. The van der Waals surface area contributed by atoms with E-state index >= 15 is 0 Å². The number of hydrogen-bond acceptors (Lipinski definition) is 3. The molecule has 0 atom stereocenters. The Hall–Kier alpha value is -2.37. The van der Waals surface area contributed by atoms with E-state index in [9.17, 15) is 14.4 Å². The normalized spacial score (nSPS) is 13.5. The van der Waals surface area contributed by atoms with E-state index in [0.717, 1.165) is 12.8 Å². The minimum Gasteiger partial charge on any atom is -0.480 e. The molecule has 22 heavy (non-hydrogen) atoms. The van der Waals surface area contributed by atoms with Crippen LogP contribution in [0.1, 0.15) is 25.7 Å². The molecule has 1 saturated carbocycles. The molecule has 1 aliphatic rings. The lowest BCUT2D eigenvalue weighted by atomic mass is 10.2. The average Bonchev–Trinajstić information content (AvgIpc) is 3.34. The number of nitrogens with zero attached hydrogens (tertiary/aromatic N) is 1. The Balaban J connectivity index is 1.83. The van der Waals surface area contributed by atoms with E-state index in [0.29, 0.717) is 18.7 Å². The summed E-state index contributed by atoms with van der Waals surface area (Å²) in [7, 11) is 0. The summed E-state index contributed by atoms with van der Waals surface area (Å²) >= 11 is 0. The van der Waals surface area contributed by atoms with Gasteiger partial charge in [-0.3, -0.25) is 14.4 Å². The molecule has 0 aliphatic heterocycles. The van der Waals surface area contributed by atoms with E-state index < -0.39 is 5.97 Å². The van der Waals surface area contributed by atoms with Crippen molar-refractivity contribution in [1.82, 2.24) is 5.32 Å². The van der Waals surface area contributed by atoms with Crippen LogP contribution in [-0.2, 0) is 14.4 Å². The minimum atomic E-state index is -1.06. The van der Waals surface area contributed by atoms with Crippen LogP contribution in [0.15, 0.2) is 30.3 Å². The number of carboxylic acids is 1. The highest BCUT2D eigenvalue weighted by atomic mass is 16.4. The summed E-state index contributed by atoms with van der Waals surface area (Å²) in [5.41, 5.74) is 0.567. The summed E-state index contributed by atoms with van der Waals surface area (Å²) in [4.78, 5) is 35.9. The van der Waals surface area contributed by atoms with Gasteiger partial charge in [-0.2, -0.15) is 0 Å². The van der Waals surface area contributed by atoms with E-state index in [-0.39, 0.29) is 30.7 Å². The number of nitrogens with one attached hydrogen (secondary N) is 1. The molecule has 0 bridgehead atoms. The van der Waals surface area contributed by atoms with Gasteiger partial charge in [0.25, 0.3) is 0 Å². The van der Waals surface area contributed by atoms with Crippen molar-refractivity contribution in [3.05, 3.63) is 30.3 Å². The number of benzene rings is 1. The monoisotopic (exact) mass is 304 g/mol. The van der Waals surface area contributed by atoms with Crippen LogP contribution in [0, 0.1) is 5.92 Å². The molecule has 0 spiro atoms. The number of hydrogen-bond donors (Lipinski definition) is 2. The largest absolute Gasteiger partial charge is 0.480 e. The van der Waals surface area contributed by atoms with Crippen molar-refractivity contribution in [2.75, 3.05) is 18.0 Å². The van der Waals surface area contributed by atoms with E-state index in [1.165, 1.54) is 4.90 Å². The zero-order valence-electron chi connectivity index (χ0n) is 12.3. The van der Waals surface area contributed by atoms with Crippen molar-refractivity contribution in [2.24, 2.45) is 5.92 Å². The molecule has 6 nitrogen and oxygen atoms in total. The maximum absolute atomic E-state index is 12.2. The van der Waals surface area contributed by atoms with Gasteiger partial charge in [-0.05, 0) is 31.4 Å². The van der Waals surface area contributed by atoms with Crippen LogP contribution < -0.4 is 10.2 Å². The molecule has 2 N–H and O–H groups in total. The summed E-state index contributed by atoms with van der Waals surface area (Å²) in [6, 6.07) is 8.73. The predicted molar refractivity (Wildman–Crippen MR) is 81.4 cm³/mol. The third-order valence-corrected chi connectivity index (χ3v) is 3.48. The smallest absolute Gasteiger partial charge is 0.323 e. The first-order chi connectivity index (χ1) is 10.6. The average molecular weight is 304 g/mol. The van der Waals surface area contributed by atoms with Crippen molar-refractivity contribution < 1.29 is 19.5 Å². The fraction of sp³-hybridized carbons (Fsp3) is 0.438. The molecule has 1 aliphatic carbocycles. The fourth-order valence-corrected chi connectivity index (χ4v) is 2.14. The molecule has 2 amide bonds. The molecule has 6 heteroatoms. The van der Waals surface area contributed by atoms with Gasteiger partial charge in [-0.1, -0.05) is 18.2 Å². The second-order valence-electron chi connectivity index (χ2n) is 5.38. The molecule has 0 saturated heterocycles. The number of carboxylic acid groups (broad SMARTS) is 1. The maximum atomic E-state index is 12.2. The fourth-order valence-electron chi connectivity index (χ4n) is 2.14. The first-order valence-corrected chi connectivity index (χ1v) is 7.43. The van der Waals surface area contributed by atoms with Crippen LogP contribution in [0.4, 0.5) is 5.69 Å². The van der Waals surface area contributed by atoms with Gasteiger partial charge < -0.3 is 15.3 Å². The number of anilines is 1. The lowest BCUT2D eigenvalue weighted by molar-refractivity contribution is -0.136. The highest BCUT2D eigenvalue weighted by Crippen LogP contribution is 2.28. The zero-order chi connectivity index (χ0) is 15.9. The van der Waals surface area contributed by atoms with Crippen molar-refractivity contribution in [3.63, 3.8) is 0 Å². The third kappa shape index (κ3) is 4.87. The van der Waals surface area contributed by atoms with Gasteiger partial charge in [0, 0.05) is 24.6 Å². The van der Waals surface area contributed by atoms with Crippen molar-refractivity contribution in [3.8, 4) is 0 Å². The van der Waals surface area contributed by atoms with Crippen LogP contribution in [0.25, 0.3) is 0 Å². The Labute approximate surface area is 129 Å².